The van der Waals surface area contributed by atoms with Gasteiger partial charge >= 0.3 is 0 Å². The first-order valence-corrected chi connectivity index (χ1v) is 13.3. The van der Waals surface area contributed by atoms with Crippen LogP contribution in [0.1, 0.15) is 19.8 Å². The molecule has 0 aliphatic carbocycles. The fraction of sp³-hybridized carbons (Fsp3) is 0.346. The molecule has 1 aliphatic rings. The molecule has 3 heterocycles. The average Bonchev–Trinajstić information content (AvgIpc) is 3.22. The summed E-state index contributed by atoms with van der Waals surface area (Å²) in [6, 6.07) is 12.2. The minimum atomic E-state index is -3.36. The lowest BCUT2D eigenvalue weighted by atomic mass is 9.98. The molecule has 0 atom stereocenters. The van der Waals surface area contributed by atoms with Crippen molar-refractivity contribution in [2.75, 3.05) is 32.5 Å². The van der Waals surface area contributed by atoms with Crippen LogP contribution < -0.4 is 4.74 Å². The van der Waals surface area contributed by atoms with Crippen molar-refractivity contribution in [1.29, 1.82) is 0 Å². The number of likely N-dealkylation sites (tertiary alicyclic amines) is 1. The molecule has 0 amide bonds. The second-order valence-electron chi connectivity index (χ2n) is 9.02. The number of nitrogens with zero attached hydrogens (tertiary/aromatic N) is 2. The summed E-state index contributed by atoms with van der Waals surface area (Å²) in [5.74, 6) is 0.771. The van der Waals surface area contributed by atoms with Crippen molar-refractivity contribution in [2.24, 2.45) is 5.92 Å². The maximum atomic E-state index is 14.2. The number of H-pyrrole nitrogens is 1. The Labute approximate surface area is 198 Å². The number of ether oxygens (including phenoxy) is 1. The SMILES string of the molecule is CCS(=O)(=O)c1cccc(-c2ccc(OCC3CCN(C)CC3)c3[nH]c4ncc(F)cc4c23)c1. The van der Waals surface area contributed by atoms with Crippen LogP contribution in [0.25, 0.3) is 33.1 Å². The molecule has 0 unspecified atom stereocenters. The molecule has 4 aromatic rings. The Morgan fingerprint density at radius 2 is 1.97 bits per heavy atom. The van der Waals surface area contributed by atoms with E-state index in [-0.39, 0.29) is 10.6 Å². The number of hydrogen-bond acceptors (Lipinski definition) is 5. The van der Waals surface area contributed by atoms with Gasteiger partial charge in [-0.25, -0.2) is 17.8 Å². The van der Waals surface area contributed by atoms with Crippen molar-refractivity contribution in [3.05, 3.63) is 54.5 Å². The zero-order valence-electron chi connectivity index (χ0n) is 19.3. The van der Waals surface area contributed by atoms with Gasteiger partial charge in [-0.05, 0) is 80.4 Å². The van der Waals surface area contributed by atoms with Gasteiger partial charge in [-0.1, -0.05) is 19.1 Å². The summed E-state index contributed by atoms with van der Waals surface area (Å²) in [7, 11) is -1.22. The van der Waals surface area contributed by atoms with E-state index in [0.717, 1.165) is 48.0 Å². The number of pyridine rings is 1. The fourth-order valence-electron chi connectivity index (χ4n) is 4.66. The van der Waals surface area contributed by atoms with E-state index in [1.54, 1.807) is 25.1 Å². The molecule has 178 valence electrons. The van der Waals surface area contributed by atoms with Crippen molar-refractivity contribution in [3.63, 3.8) is 0 Å². The molecule has 1 saturated heterocycles. The standard InChI is InChI=1S/C26H28FN3O3S/c1-3-34(31,32)20-6-4-5-18(13-20)21-7-8-23(33-16-17-9-11-30(2)12-10-17)25-24(21)22-14-19(27)15-28-26(22)29-25/h4-8,13-15,17H,3,9-12,16H2,1-2H3,(H,28,29). The predicted molar refractivity (Wildman–Crippen MR) is 132 cm³/mol. The van der Waals surface area contributed by atoms with E-state index in [9.17, 15) is 12.8 Å². The third kappa shape index (κ3) is 4.28. The van der Waals surface area contributed by atoms with Crippen molar-refractivity contribution in [1.82, 2.24) is 14.9 Å². The maximum Gasteiger partial charge on any atom is 0.178 e. The Kier molecular flexibility index (Phi) is 6.04. The second-order valence-corrected chi connectivity index (χ2v) is 11.3. The zero-order valence-corrected chi connectivity index (χ0v) is 20.2. The van der Waals surface area contributed by atoms with Crippen molar-refractivity contribution < 1.29 is 17.5 Å². The largest absolute Gasteiger partial charge is 0.491 e. The second kappa shape index (κ2) is 9.00. The Hall–Kier alpha value is -2.97. The van der Waals surface area contributed by atoms with E-state index in [2.05, 4.69) is 21.9 Å². The molecule has 2 aromatic heterocycles. The van der Waals surface area contributed by atoms with Gasteiger partial charge < -0.3 is 14.6 Å². The van der Waals surface area contributed by atoms with Crippen LogP contribution in [-0.2, 0) is 9.84 Å². The molecule has 6 nitrogen and oxygen atoms in total. The smallest absolute Gasteiger partial charge is 0.178 e. The van der Waals surface area contributed by atoms with Gasteiger partial charge in [-0.2, -0.15) is 0 Å². The van der Waals surface area contributed by atoms with Crippen LogP contribution in [0.4, 0.5) is 4.39 Å². The number of fused-ring (bicyclic) bond motifs is 3. The number of sulfone groups is 1. The number of rotatable bonds is 6. The fourth-order valence-corrected chi connectivity index (χ4v) is 5.58. The lowest BCUT2D eigenvalue weighted by molar-refractivity contribution is 0.161. The highest BCUT2D eigenvalue weighted by Gasteiger charge is 2.21. The summed E-state index contributed by atoms with van der Waals surface area (Å²) in [5, 5.41) is 1.41. The van der Waals surface area contributed by atoms with Crippen molar-refractivity contribution in [2.45, 2.75) is 24.7 Å². The summed E-state index contributed by atoms with van der Waals surface area (Å²) in [4.78, 5) is 10.1. The predicted octanol–water partition coefficient (Wildman–Crippen LogP) is 5.04. The third-order valence-electron chi connectivity index (χ3n) is 6.73. The van der Waals surface area contributed by atoms with Gasteiger partial charge in [0.15, 0.2) is 9.84 Å². The highest BCUT2D eigenvalue weighted by molar-refractivity contribution is 7.91. The topological polar surface area (TPSA) is 75.3 Å². The highest BCUT2D eigenvalue weighted by atomic mass is 32.2. The molecule has 8 heteroatoms. The van der Waals surface area contributed by atoms with Gasteiger partial charge in [0, 0.05) is 10.8 Å². The monoisotopic (exact) mass is 481 g/mol. The molecule has 0 radical (unpaired) electrons. The normalized spacial score (nSPS) is 15.9. The molecule has 1 N–H and O–H groups in total. The summed E-state index contributed by atoms with van der Waals surface area (Å²) >= 11 is 0. The lowest BCUT2D eigenvalue weighted by Crippen LogP contribution is -2.32. The molecule has 2 aromatic carbocycles. The van der Waals surface area contributed by atoms with E-state index < -0.39 is 15.7 Å². The molecule has 1 aliphatic heterocycles. The van der Waals surface area contributed by atoms with Crippen LogP contribution in [0, 0.1) is 11.7 Å². The van der Waals surface area contributed by atoms with E-state index in [0.29, 0.717) is 29.3 Å². The quantitative estimate of drug-likeness (QED) is 0.418. The van der Waals surface area contributed by atoms with Gasteiger partial charge in [0.05, 0.1) is 29.0 Å². The molecular formula is C26H28FN3O3S. The number of halogens is 1. The first kappa shape index (κ1) is 22.8. The van der Waals surface area contributed by atoms with Gasteiger partial charge in [-0.15, -0.1) is 0 Å². The van der Waals surface area contributed by atoms with Crippen LogP contribution in [0.3, 0.4) is 0 Å². The molecule has 0 saturated carbocycles. The number of aromatic nitrogens is 2. The van der Waals surface area contributed by atoms with Gasteiger partial charge in [0.2, 0.25) is 0 Å². The lowest BCUT2D eigenvalue weighted by Gasteiger charge is -2.28. The average molecular weight is 482 g/mol. The van der Waals surface area contributed by atoms with Crippen LogP contribution in [0.2, 0.25) is 0 Å². The highest BCUT2D eigenvalue weighted by Crippen LogP contribution is 2.39. The number of piperidine rings is 1. The van der Waals surface area contributed by atoms with Crippen LogP contribution >= 0.6 is 0 Å². The molecule has 34 heavy (non-hydrogen) atoms. The Bertz CT molecular complexity index is 1460. The zero-order chi connectivity index (χ0) is 23.9. The van der Waals surface area contributed by atoms with E-state index in [1.165, 1.54) is 12.3 Å². The molecule has 0 spiro atoms. The summed E-state index contributed by atoms with van der Waals surface area (Å²) in [6.07, 6.45) is 3.37. The minimum Gasteiger partial charge on any atom is -0.491 e. The van der Waals surface area contributed by atoms with Gasteiger partial charge in [-0.3, -0.25) is 0 Å². The number of aromatic amines is 1. The van der Waals surface area contributed by atoms with Crippen molar-refractivity contribution >= 4 is 31.8 Å². The number of benzene rings is 2. The molecule has 5 rings (SSSR count). The molecule has 1 fully saturated rings. The van der Waals surface area contributed by atoms with E-state index >= 15 is 0 Å². The summed E-state index contributed by atoms with van der Waals surface area (Å²) in [6.45, 7) is 4.37. The van der Waals surface area contributed by atoms with Crippen molar-refractivity contribution in [3.8, 4) is 16.9 Å². The molecule has 0 bridgehead atoms. The summed E-state index contributed by atoms with van der Waals surface area (Å²) < 4.78 is 45.4. The third-order valence-corrected chi connectivity index (χ3v) is 8.46. The van der Waals surface area contributed by atoms with E-state index in [1.807, 2.05) is 18.2 Å². The first-order valence-electron chi connectivity index (χ1n) is 11.6. The van der Waals surface area contributed by atoms with E-state index in [4.69, 9.17) is 4.74 Å². The molecular weight excluding hydrogens is 453 g/mol. The summed E-state index contributed by atoms with van der Waals surface area (Å²) in [5.41, 5.74) is 2.84. The van der Waals surface area contributed by atoms with Gasteiger partial charge in [0.25, 0.3) is 0 Å². The van der Waals surface area contributed by atoms with Gasteiger partial charge in [0.1, 0.15) is 17.2 Å². The Morgan fingerprint density at radius 1 is 1.18 bits per heavy atom. The number of nitrogens with one attached hydrogen (secondary N) is 1. The van der Waals surface area contributed by atoms with Crippen LogP contribution in [0.15, 0.2) is 53.6 Å². The maximum absolute atomic E-state index is 14.2. The Morgan fingerprint density at radius 3 is 2.74 bits per heavy atom. The number of hydrogen-bond donors (Lipinski definition) is 1. The minimum absolute atomic E-state index is 0.0256. The Balaban J connectivity index is 1.61. The van der Waals surface area contributed by atoms with Crippen LogP contribution in [0.5, 0.6) is 5.75 Å². The van der Waals surface area contributed by atoms with Crippen LogP contribution in [-0.4, -0.2) is 55.8 Å². The first-order chi connectivity index (χ1) is 16.4.